The monoisotopic (exact) mass is 229 g/mol. The van der Waals surface area contributed by atoms with Crippen molar-refractivity contribution in [1.29, 1.82) is 0 Å². The van der Waals surface area contributed by atoms with Gasteiger partial charge in [-0.1, -0.05) is 13.0 Å². The highest BCUT2D eigenvalue weighted by Gasteiger charge is 2.09. The third-order valence-electron chi connectivity index (χ3n) is 2.69. The zero-order valence-electron chi connectivity index (χ0n) is 9.74. The van der Waals surface area contributed by atoms with Gasteiger partial charge in [-0.15, -0.1) is 0 Å². The Hall–Kier alpha value is -1.81. The minimum absolute atomic E-state index is 0.496. The highest BCUT2D eigenvalue weighted by molar-refractivity contribution is 5.17. The van der Waals surface area contributed by atoms with Crippen molar-refractivity contribution in [3.05, 3.63) is 53.6 Å². The predicted molar refractivity (Wildman–Crippen MR) is 64.3 cm³/mol. The molecule has 2 aromatic heterocycles. The van der Waals surface area contributed by atoms with Gasteiger partial charge in [0.2, 0.25) is 0 Å². The Morgan fingerprint density at radius 2 is 2.06 bits per heavy atom. The first-order chi connectivity index (χ1) is 8.29. The molecule has 2 aromatic rings. The lowest BCUT2D eigenvalue weighted by Crippen LogP contribution is -2.04. The smallest absolute Gasteiger partial charge is 0.0861 e. The summed E-state index contributed by atoms with van der Waals surface area (Å²) in [5, 5.41) is 17.4. The largest absolute Gasteiger partial charge is 0.388 e. The molecule has 1 unspecified atom stereocenters. The molecule has 0 spiro atoms. The highest BCUT2D eigenvalue weighted by atomic mass is 16.3. The topological polar surface area (TPSA) is 58.9 Å². The number of hydrogen-bond acceptors (Lipinski definition) is 4. The Balaban J connectivity index is 2.05. The van der Waals surface area contributed by atoms with Gasteiger partial charge in [0.1, 0.15) is 0 Å². The first kappa shape index (κ1) is 11.7. The van der Waals surface area contributed by atoms with Gasteiger partial charge in [0.25, 0.3) is 0 Å². The molecule has 0 radical (unpaired) electrons. The molecule has 1 N–H and O–H groups in total. The van der Waals surface area contributed by atoms with Crippen LogP contribution in [0.4, 0.5) is 0 Å². The molecule has 4 nitrogen and oxygen atoms in total. The number of rotatable bonds is 4. The molecule has 4 heteroatoms. The summed E-state index contributed by atoms with van der Waals surface area (Å²) < 4.78 is 0. The maximum atomic E-state index is 9.99. The number of aliphatic hydroxyl groups excluding tert-OH is 1. The van der Waals surface area contributed by atoms with Gasteiger partial charge in [-0.25, -0.2) is 0 Å². The summed E-state index contributed by atoms with van der Waals surface area (Å²) in [5.74, 6) is 0. The molecule has 0 saturated carbocycles. The van der Waals surface area contributed by atoms with Gasteiger partial charge in [-0.2, -0.15) is 10.2 Å². The van der Waals surface area contributed by atoms with Gasteiger partial charge in [0.05, 0.1) is 12.3 Å². The van der Waals surface area contributed by atoms with Crippen LogP contribution in [-0.2, 0) is 12.8 Å². The van der Waals surface area contributed by atoms with E-state index in [9.17, 15) is 5.11 Å². The zero-order valence-corrected chi connectivity index (χ0v) is 9.74. The first-order valence-corrected chi connectivity index (χ1v) is 5.68. The van der Waals surface area contributed by atoms with Crippen LogP contribution in [0, 0.1) is 0 Å². The van der Waals surface area contributed by atoms with Crippen LogP contribution >= 0.6 is 0 Å². The van der Waals surface area contributed by atoms with Crippen LogP contribution in [0.3, 0.4) is 0 Å². The molecule has 0 aliphatic heterocycles. The van der Waals surface area contributed by atoms with Crippen molar-refractivity contribution in [2.45, 2.75) is 25.9 Å². The third kappa shape index (κ3) is 3.07. The zero-order chi connectivity index (χ0) is 12.1. The quantitative estimate of drug-likeness (QED) is 0.867. The fraction of sp³-hybridized carbons (Fsp3) is 0.308. The van der Waals surface area contributed by atoms with E-state index in [1.807, 2.05) is 18.3 Å². The molecule has 0 aliphatic rings. The van der Waals surface area contributed by atoms with Crippen LogP contribution in [0.25, 0.3) is 0 Å². The van der Waals surface area contributed by atoms with E-state index >= 15 is 0 Å². The van der Waals surface area contributed by atoms with Crippen molar-refractivity contribution in [2.24, 2.45) is 0 Å². The molecule has 0 bridgehead atoms. The molecular formula is C13H15N3O. The van der Waals surface area contributed by atoms with Crippen molar-refractivity contribution < 1.29 is 5.11 Å². The number of hydrogen-bond donors (Lipinski definition) is 1. The Labute approximate surface area is 100 Å². The maximum Gasteiger partial charge on any atom is 0.0861 e. The Morgan fingerprint density at radius 1 is 1.18 bits per heavy atom. The van der Waals surface area contributed by atoms with E-state index in [2.05, 4.69) is 22.1 Å². The van der Waals surface area contributed by atoms with Crippen LogP contribution in [0.1, 0.15) is 29.8 Å². The lowest BCUT2D eigenvalue weighted by Gasteiger charge is -2.09. The van der Waals surface area contributed by atoms with Crippen molar-refractivity contribution >= 4 is 0 Å². The third-order valence-corrected chi connectivity index (χ3v) is 2.69. The molecule has 2 heterocycles. The van der Waals surface area contributed by atoms with Gasteiger partial charge >= 0.3 is 0 Å². The van der Waals surface area contributed by atoms with Crippen molar-refractivity contribution in [1.82, 2.24) is 15.2 Å². The van der Waals surface area contributed by atoms with Gasteiger partial charge < -0.3 is 5.11 Å². The van der Waals surface area contributed by atoms with Gasteiger partial charge in [0.15, 0.2) is 0 Å². The van der Waals surface area contributed by atoms with Gasteiger partial charge in [0, 0.05) is 30.1 Å². The molecule has 0 aliphatic carbocycles. The van der Waals surface area contributed by atoms with E-state index in [1.54, 1.807) is 18.5 Å². The maximum absolute atomic E-state index is 9.99. The Morgan fingerprint density at radius 3 is 2.65 bits per heavy atom. The molecule has 88 valence electrons. The molecule has 1 atom stereocenters. The summed E-state index contributed by atoms with van der Waals surface area (Å²) in [6.07, 6.45) is 5.90. The van der Waals surface area contributed by atoms with Crippen molar-refractivity contribution in [3.63, 3.8) is 0 Å². The summed E-state index contributed by atoms with van der Waals surface area (Å²) in [5.41, 5.74) is 2.85. The average molecular weight is 229 g/mol. The van der Waals surface area contributed by atoms with E-state index in [-0.39, 0.29) is 0 Å². The number of nitrogens with zero attached hydrogens (tertiary/aromatic N) is 3. The van der Waals surface area contributed by atoms with E-state index in [1.165, 1.54) is 5.56 Å². The fourth-order valence-electron chi connectivity index (χ4n) is 1.60. The molecule has 0 amide bonds. The summed E-state index contributed by atoms with van der Waals surface area (Å²) in [4.78, 5) is 4.32. The predicted octanol–water partition coefficient (Wildman–Crippen LogP) is 1.71. The van der Waals surface area contributed by atoms with Crippen LogP contribution in [0.5, 0.6) is 0 Å². The number of aryl methyl sites for hydroxylation is 1. The second kappa shape index (κ2) is 5.50. The second-order valence-electron chi connectivity index (χ2n) is 3.91. The lowest BCUT2D eigenvalue weighted by molar-refractivity contribution is 0.176. The van der Waals surface area contributed by atoms with Crippen LogP contribution < -0.4 is 0 Å². The van der Waals surface area contributed by atoms with Crippen LogP contribution in [-0.4, -0.2) is 20.3 Å². The first-order valence-electron chi connectivity index (χ1n) is 5.68. The second-order valence-corrected chi connectivity index (χ2v) is 3.91. The van der Waals surface area contributed by atoms with Gasteiger partial charge in [-0.05, 0) is 24.1 Å². The summed E-state index contributed by atoms with van der Waals surface area (Å²) in [7, 11) is 0. The molecule has 0 fully saturated rings. The fourth-order valence-corrected chi connectivity index (χ4v) is 1.60. The minimum Gasteiger partial charge on any atom is -0.388 e. The average Bonchev–Trinajstić information content (AvgIpc) is 2.40. The van der Waals surface area contributed by atoms with Crippen molar-refractivity contribution in [3.8, 4) is 0 Å². The van der Waals surface area contributed by atoms with Crippen LogP contribution in [0.2, 0.25) is 0 Å². The Bertz CT molecular complexity index is 456. The van der Waals surface area contributed by atoms with E-state index in [0.717, 1.165) is 17.7 Å². The van der Waals surface area contributed by atoms with Gasteiger partial charge in [-0.3, -0.25) is 4.98 Å². The normalized spacial score (nSPS) is 12.4. The van der Waals surface area contributed by atoms with Crippen LogP contribution in [0.15, 0.2) is 36.8 Å². The minimum atomic E-state index is -0.578. The number of aliphatic hydroxyl groups is 1. The summed E-state index contributed by atoms with van der Waals surface area (Å²) in [6, 6.07) is 5.76. The molecule has 2 rings (SSSR count). The highest BCUT2D eigenvalue weighted by Crippen LogP contribution is 2.15. The van der Waals surface area contributed by atoms with E-state index < -0.39 is 6.10 Å². The molecule has 0 saturated heterocycles. The standard InChI is InChI=1S/C13H15N3O/c1-2-10-3-4-12(14-8-10)7-13(17)11-5-6-15-16-9-11/h3-6,8-9,13,17H,2,7H2,1H3. The molecule has 17 heavy (non-hydrogen) atoms. The molecular weight excluding hydrogens is 214 g/mol. The summed E-state index contributed by atoms with van der Waals surface area (Å²) >= 11 is 0. The Kier molecular flexibility index (Phi) is 3.77. The number of aromatic nitrogens is 3. The SMILES string of the molecule is CCc1ccc(CC(O)c2ccnnc2)nc1. The van der Waals surface area contributed by atoms with E-state index in [0.29, 0.717) is 6.42 Å². The van der Waals surface area contributed by atoms with E-state index in [4.69, 9.17) is 0 Å². The van der Waals surface area contributed by atoms with Crippen molar-refractivity contribution in [2.75, 3.05) is 0 Å². The molecule has 0 aromatic carbocycles. The number of pyridine rings is 1. The lowest BCUT2D eigenvalue weighted by atomic mass is 10.1. The summed E-state index contributed by atoms with van der Waals surface area (Å²) in [6.45, 7) is 2.09.